The van der Waals surface area contributed by atoms with Gasteiger partial charge in [0, 0.05) is 25.9 Å². The first-order valence-electron chi connectivity index (χ1n) is 10.1. The van der Waals surface area contributed by atoms with E-state index in [-0.39, 0.29) is 18.2 Å². The number of para-hydroxylation sites is 1. The fraction of sp³-hybridized carbons (Fsp3) is 0.571. The number of methoxy groups -OCH3 is 1. The van der Waals surface area contributed by atoms with Crippen molar-refractivity contribution in [3.8, 4) is 5.75 Å². The van der Waals surface area contributed by atoms with Crippen LogP contribution in [0.5, 0.6) is 5.75 Å². The second-order valence-corrected chi connectivity index (χ2v) is 7.73. The van der Waals surface area contributed by atoms with Gasteiger partial charge in [-0.3, -0.25) is 19.2 Å². The van der Waals surface area contributed by atoms with Crippen molar-refractivity contribution in [3.05, 3.63) is 29.8 Å². The third kappa shape index (κ3) is 3.25. The van der Waals surface area contributed by atoms with Crippen LogP contribution in [0.2, 0.25) is 0 Å². The maximum absolute atomic E-state index is 13.0. The predicted octanol–water partition coefficient (Wildman–Crippen LogP) is 1.32. The number of rotatable bonds is 4. The van der Waals surface area contributed by atoms with E-state index in [4.69, 9.17) is 14.3 Å². The molecule has 156 valence electrons. The van der Waals surface area contributed by atoms with Crippen LogP contribution in [0.4, 0.5) is 0 Å². The first-order chi connectivity index (χ1) is 14.0. The fourth-order valence-electron chi connectivity index (χ4n) is 4.80. The van der Waals surface area contributed by atoms with Crippen LogP contribution in [0.1, 0.15) is 31.7 Å². The summed E-state index contributed by atoms with van der Waals surface area (Å²) in [6.07, 6.45) is 1.03. The number of hydrogen-bond acceptors (Lipinski definition) is 6. The molecule has 0 radical (unpaired) electrons. The van der Waals surface area contributed by atoms with Crippen molar-refractivity contribution in [1.82, 2.24) is 9.96 Å². The van der Waals surface area contributed by atoms with E-state index in [0.29, 0.717) is 39.0 Å². The number of esters is 1. The zero-order valence-corrected chi connectivity index (χ0v) is 16.8. The summed E-state index contributed by atoms with van der Waals surface area (Å²) in [4.78, 5) is 45.3. The highest BCUT2D eigenvalue weighted by Crippen LogP contribution is 2.44. The lowest BCUT2D eigenvalue weighted by Crippen LogP contribution is -2.59. The largest absolute Gasteiger partial charge is 0.480 e. The number of fused-ring (bicyclic) bond motifs is 1. The van der Waals surface area contributed by atoms with Gasteiger partial charge < -0.3 is 14.4 Å². The molecule has 1 spiro atoms. The zero-order valence-electron chi connectivity index (χ0n) is 16.8. The normalized spacial score (nSPS) is 25.1. The van der Waals surface area contributed by atoms with Crippen molar-refractivity contribution in [3.63, 3.8) is 0 Å². The summed E-state index contributed by atoms with van der Waals surface area (Å²) >= 11 is 0. The number of carbonyl (C=O) groups is 3. The van der Waals surface area contributed by atoms with Crippen LogP contribution in [0.3, 0.4) is 0 Å². The van der Waals surface area contributed by atoms with Crippen molar-refractivity contribution in [2.45, 2.75) is 44.2 Å². The van der Waals surface area contributed by atoms with E-state index in [0.717, 1.165) is 11.3 Å². The number of amides is 2. The summed E-state index contributed by atoms with van der Waals surface area (Å²) in [6, 6.07) is 7.67. The molecule has 2 amide bonds. The summed E-state index contributed by atoms with van der Waals surface area (Å²) in [6.45, 7) is 3.00. The lowest BCUT2D eigenvalue weighted by Gasteiger charge is -2.45. The van der Waals surface area contributed by atoms with E-state index in [1.54, 1.807) is 11.8 Å². The topological polar surface area (TPSA) is 85.4 Å². The number of nitrogens with zero attached hydrogens (tertiary/aromatic N) is 2. The molecule has 2 saturated heterocycles. The van der Waals surface area contributed by atoms with Crippen molar-refractivity contribution < 1.29 is 28.7 Å². The van der Waals surface area contributed by atoms with Gasteiger partial charge in [0.05, 0.1) is 25.2 Å². The van der Waals surface area contributed by atoms with E-state index in [1.165, 1.54) is 12.2 Å². The molecule has 0 aromatic heterocycles. The van der Waals surface area contributed by atoms with E-state index in [9.17, 15) is 14.4 Å². The Kier molecular flexibility index (Phi) is 5.21. The number of benzene rings is 1. The molecule has 8 nitrogen and oxygen atoms in total. The second kappa shape index (κ2) is 7.67. The molecule has 2 fully saturated rings. The van der Waals surface area contributed by atoms with Gasteiger partial charge in [-0.1, -0.05) is 18.2 Å². The Hall–Kier alpha value is -2.61. The molecule has 8 heteroatoms. The minimum atomic E-state index is -0.767. The molecule has 3 aliphatic heterocycles. The van der Waals surface area contributed by atoms with Crippen LogP contribution in [0.25, 0.3) is 0 Å². The van der Waals surface area contributed by atoms with Gasteiger partial charge in [0.2, 0.25) is 5.91 Å². The van der Waals surface area contributed by atoms with Gasteiger partial charge >= 0.3 is 5.97 Å². The first kappa shape index (κ1) is 19.7. The van der Waals surface area contributed by atoms with Gasteiger partial charge in [-0.05, 0) is 31.4 Å². The van der Waals surface area contributed by atoms with Crippen LogP contribution in [0, 0.1) is 5.92 Å². The summed E-state index contributed by atoms with van der Waals surface area (Å²) in [5.41, 5.74) is 0.269. The molecule has 1 aromatic rings. The third-order valence-electron chi connectivity index (χ3n) is 6.27. The Labute approximate surface area is 169 Å². The van der Waals surface area contributed by atoms with Gasteiger partial charge in [-0.25, -0.2) is 5.06 Å². The van der Waals surface area contributed by atoms with E-state index >= 15 is 0 Å². The van der Waals surface area contributed by atoms with Crippen molar-refractivity contribution in [1.29, 1.82) is 0 Å². The van der Waals surface area contributed by atoms with E-state index < -0.39 is 23.5 Å². The molecule has 0 bridgehead atoms. The van der Waals surface area contributed by atoms with Crippen molar-refractivity contribution >= 4 is 17.8 Å². The molecule has 29 heavy (non-hydrogen) atoms. The van der Waals surface area contributed by atoms with Gasteiger partial charge in [0.25, 0.3) is 5.91 Å². The van der Waals surface area contributed by atoms with Crippen molar-refractivity contribution in [2.75, 3.05) is 26.8 Å². The number of ether oxygens (including phenoxy) is 2. The van der Waals surface area contributed by atoms with E-state index in [1.807, 2.05) is 24.3 Å². The molecule has 2 atom stereocenters. The predicted molar refractivity (Wildman–Crippen MR) is 102 cm³/mol. The van der Waals surface area contributed by atoms with E-state index in [2.05, 4.69) is 0 Å². The Morgan fingerprint density at radius 1 is 1.21 bits per heavy atom. The van der Waals surface area contributed by atoms with Crippen LogP contribution < -0.4 is 4.74 Å². The molecule has 0 saturated carbocycles. The fourth-order valence-corrected chi connectivity index (χ4v) is 4.80. The quantitative estimate of drug-likeness (QED) is 0.707. The minimum Gasteiger partial charge on any atom is -0.480 e. The van der Waals surface area contributed by atoms with Crippen molar-refractivity contribution in [2.24, 2.45) is 5.92 Å². The van der Waals surface area contributed by atoms with Crippen LogP contribution in [-0.4, -0.2) is 66.2 Å². The van der Waals surface area contributed by atoms with Crippen LogP contribution in [0.15, 0.2) is 24.3 Å². The summed E-state index contributed by atoms with van der Waals surface area (Å²) in [5.74, 6) is -0.505. The smallest absolute Gasteiger partial charge is 0.311 e. The van der Waals surface area contributed by atoms with Crippen LogP contribution in [-0.2, 0) is 30.4 Å². The number of hydrogen-bond donors (Lipinski definition) is 0. The van der Waals surface area contributed by atoms with Gasteiger partial charge in [-0.15, -0.1) is 0 Å². The molecule has 3 heterocycles. The monoisotopic (exact) mass is 402 g/mol. The summed E-state index contributed by atoms with van der Waals surface area (Å²) < 4.78 is 10.8. The highest BCUT2D eigenvalue weighted by atomic mass is 16.7. The zero-order chi connectivity index (χ0) is 20.6. The highest BCUT2D eigenvalue weighted by Gasteiger charge is 2.58. The minimum absolute atomic E-state index is 0.0575. The van der Waals surface area contributed by atoms with Gasteiger partial charge in [0.15, 0.2) is 6.10 Å². The average molecular weight is 402 g/mol. The molecule has 1 aromatic carbocycles. The Balaban J connectivity index is 1.47. The lowest BCUT2D eigenvalue weighted by molar-refractivity contribution is -0.221. The van der Waals surface area contributed by atoms with Crippen LogP contribution >= 0.6 is 0 Å². The Morgan fingerprint density at radius 3 is 2.59 bits per heavy atom. The molecular weight excluding hydrogens is 376 g/mol. The molecule has 0 N–H and O–H groups in total. The molecule has 4 rings (SSSR count). The second-order valence-electron chi connectivity index (χ2n) is 7.73. The van der Waals surface area contributed by atoms with Gasteiger partial charge in [-0.2, -0.15) is 0 Å². The maximum atomic E-state index is 13.0. The average Bonchev–Trinajstić information content (AvgIpc) is 3.29. The molecular formula is C21H26N2O6. The number of carbonyl (C=O) groups excluding carboxylic acids is 3. The Morgan fingerprint density at radius 2 is 1.93 bits per heavy atom. The summed E-state index contributed by atoms with van der Waals surface area (Å²) in [7, 11) is 1.33. The molecule has 3 aliphatic rings. The Bertz CT molecular complexity index is 792. The highest BCUT2D eigenvalue weighted by molar-refractivity contribution is 5.88. The lowest BCUT2D eigenvalue weighted by atomic mass is 9.77. The van der Waals surface area contributed by atoms with Gasteiger partial charge in [0.1, 0.15) is 5.75 Å². The summed E-state index contributed by atoms with van der Waals surface area (Å²) in [5, 5.41) is 1.37. The first-order valence-corrected chi connectivity index (χ1v) is 10.1. The maximum Gasteiger partial charge on any atom is 0.311 e. The number of likely N-dealkylation sites (tertiary alicyclic amines) is 1. The number of piperidine rings is 1. The number of hydroxylamine groups is 2. The molecule has 0 unspecified atom stereocenters. The third-order valence-corrected chi connectivity index (χ3v) is 6.27. The SMILES string of the molecule is CCON1C(=O)C[C@@H](C(=O)OC)C12CCN(C(=O)[C@@H]1Cc3ccccc3O1)CC2. The molecule has 0 aliphatic carbocycles. The standard InChI is InChI=1S/C21H26N2O6/c1-3-28-23-18(24)13-15(20(26)27-2)21(23)8-10-22(11-9-21)19(25)17-12-14-6-4-5-7-16(14)29-17/h4-7,15,17H,3,8-13H2,1-2H3/t15-,17-/m0/s1.